The molecule has 1 heterocycles. The summed E-state index contributed by atoms with van der Waals surface area (Å²) in [6, 6.07) is 0.241. The Bertz CT molecular complexity index is 338. The summed E-state index contributed by atoms with van der Waals surface area (Å²) < 4.78 is 5.31. The molecule has 17 heavy (non-hydrogen) atoms. The standard InChI is InChI=1S/C12H18N2O3/c1-2-3-4-5-6-7-17-12-13-8-10(9-14-12)11(15)16/h8-9H,2-7H2,1H3,(H,15,16). The molecule has 1 aromatic rings. The quantitative estimate of drug-likeness (QED) is 0.704. The van der Waals surface area contributed by atoms with Crippen LogP contribution in [0.5, 0.6) is 6.01 Å². The molecule has 5 heteroatoms. The van der Waals surface area contributed by atoms with Crippen molar-refractivity contribution < 1.29 is 14.6 Å². The van der Waals surface area contributed by atoms with Gasteiger partial charge in [0.1, 0.15) is 0 Å². The van der Waals surface area contributed by atoms with Gasteiger partial charge in [-0.3, -0.25) is 0 Å². The third-order valence-corrected chi connectivity index (χ3v) is 2.35. The number of carboxylic acids is 1. The van der Waals surface area contributed by atoms with E-state index in [1.807, 2.05) is 0 Å². The first-order chi connectivity index (χ1) is 8.24. The van der Waals surface area contributed by atoms with Crippen molar-refractivity contribution in [2.24, 2.45) is 0 Å². The van der Waals surface area contributed by atoms with Gasteiger partial charge in [-0.25, -0.2) is 14.8 Å². The molecule has 1 rings (SSSR count). The molecule has 0 amide bonds. The zero-order valence-electron chi connectivity index (χ0n) is 10.1. The number of hydrogen-bond donors (Lipinski definition) is 1. The van der Waals surface area contributed by atoms with Crippen LogP contribution >= 0.6 is 0 Å². The minimum Gasteiger partial charge on any atom is -0.478 e. The second-order valence-electron chi connectivity index (χ2n) is 3.82. The highest BCUT2D eigenvalue weighted by molar-refractivity contribution is 5.86. The summed E-state index contributed by atoms with van der Waals surface area (Å²) in [7, 11) is 0. The van der Waals surface area contributed by atoms with Crippen molar-refractivity contribution in [3.8, 4) is 6.01 Å². The number of rotatable bonds is 8. The van der Waals surface area contributed by atoms with Gasteiger partial charge in [-0.2, -0.15) is 0 Å². The minimum atomic E-state index is -1.03. The molecule has 1 N–H and O–H groups in total. The van der Waals surface area contributed by atoms with Gasteiger partial charge in [0.05, 0.1) is 12.2 Å². The number of carbonyl (C=O) groups is 1. The van der Waals surface area contributed by atoms with Crippen LogP contribution < -0.4 is 4.74 Å². The Morgan fingerprint density at radius 2 is 1.88 bits per heavy atom. The lowest BCUT2D eigenvalue weighted by Gasteiger charge is -2.03. The zero-order chi connectivity index (χ0) is 12.5. The summed E-state index contributed by atoms with van der Waals surface area (Å²) in [5.74, 6) is -1.03. The Morgan fingerprint density at radius 3 is 2.47 bits per heavy atom. The van der Waals surface area contributed by atoms with Crippen molar-refractivity contribution in [3.05, 3.63) is 18.0 Å². The summed E-state index contributed by atoms with van der Waals surface area (Å²) in [4.78, 5) is 18.2. The third kappa shape index (κ3) is 5.29. The topological polar surface area (TPSA) is 72.3 Å². The fourth-order valence-electron chi connectivity index (χ4n) is 1.37. The molecule has 0 radical (unpaired) electrons. The van der Waals surface area contributed by atoms with E-state index in [0.717, 1.165) is 12.8 Å². The van der Waals surface area contributed by atoms with Crippen LogP contribution in [-0.2, 0) is 0 Å². The second-order valence-corrected chi connectivity index (χ2v) is 3.82. The largest absolute Gasteiger partial charge is 0.478 e. The van der Waals surface area contributed by atoms with Crippen molar-refractivity contribution in [3.63, 3.8) is 0 Å². The maximum Gasteiger partial charge on any atom is 0.338 e. The van der Waals surface area contributed by atoms with E-state index < -0.39 is 5.97 Å². The van der Waals surface area contributed by atoms with Crippen LogP contribution in [0.2, 0.25) is 0 Å². The summed E-state index contributed by atoms with van der Waals surface area (Å²) in [5.41, 5.74) is 0.0697. The summed E-state index contributed by atoms with van der Waals surface area (Å²) >= 11 is 0. The number of hydrogen-bond acceptors (Lipinski definition) is 4. The first kappa shape index (κ1) is 13.4. The predicted molar refractivity (Wildman–Crippen MR) is 63.2 cm³/mol. The van der Waals surface area contributed by atoms with E-state index >= 15 is 0 Å². The highest BCUT2D eigenvalue weighted by atomic mass is 16.5. The molecule has 0 saturated carbocycles. The zero-order valence-corrected chi connectivity index (χ0v) is 10.1. The van der Waals surface area contributed by atoms with Gasteiger partial charge in [-0.05, 0) is 6.42 Å². The maximum atomic E-state index is 10.6. The SMILES string of the molecule is CCCCCCCOc1ncc(C(=O)O)cn1. The Kier molecular flexibility index (Phi) is 5.99. The predicted octanol–water partition coefficient (Wildman–Crippen LogP) is 2.52. The van der Waals surface area contributed by atoms with Gasteiger partial charge in [0.2, 0.25) is 0 Å². The molecule has 94 valence electrons. The van der Waals surface area contributed by atoms with Crippen LogP contribution in [0.3, 0.4) is 0 Å². The molecule has 0 aliphatic heterocycles. The number of aromatic carboxylic acids is 1. The third-order valence-electron chi connectivity index (χ3n) is 2.35. The minimum absolute atomic E-state index is 0.0697. The van der Waals surface area contributed by atoms with E-state index in [4.69, 9.17) is 9.84 Å². The van der Waals surface area contributed by atoms with Crippen molar-refractivity contribution in [2.75, 3.05) is 6.61 Å². The Labute approximate surface area is 101 Å². The average molecular weight is 238 g/mol. The van der Waals surface area contributed by atoms with Crippen LogP contribution in [0.1, 0.15) is 49.4 Å². The highest BCUT2D eigenvalue weighted by Gasteiger charge is 2.04. The Balaban J connectivity index is 2.21. The molecule has 0 spiro atoms. The molecule has 5 nitrogen and oxygen atoms in total. The van der Waals surface area contributed by atoms with Crippen molar-refractivity contribution in [1.82, 2.24) is 9.97 Å². The van der Waals surface area contributed by atoms with Gasteiger partial charge in [0.25, 0.3) is 0 Å². The van der Waals surface area contributed by atoms with Gasteiger partial charge in [-0.15, -0.1) is 0 Å². The molecule has 0 aliphatic carbocycles. The lowest BCUT2D eigenvalue weighted by Crippen LogP contribution is -2.03. The van der Waals surface area contributed by atoms with E-state index in [9.17, 15) is 4.79 Å². The molecule has 0 bridgehead atoms. The molecule has 0 unspecified atom stereocenters. The second kappa shape index (κ2) is 7.60. The van der Waals surface area contributed by atoms with Crippen molar-refractivity contribution >= 4 is 5.97 Å². The van der Waals surface area contributed by atoms with E-state index in [0.29, 0.717) is 6.61 Å². The van der Waals surface area contributed by atoms with E-state index in [-0.39, 0.29) is 11.6 Å². The first-order valence-electron chi connectivity index (χ1n) is 5.92. The molecule has 0 saturated heterocycles. The van der Waals surface area contributed by atoms with Crippen molar-refractivity contribution in [1.29, 1.82) is 0 Å². The first-order valence-corrected chi connectivity index (χ1v) is 5.92. The van der Waals surface area contributed by atoms with Gasteiger partial charge < -0.3 is 9.84 Å². The summed E-state index contributed by atoms with van der Waals surface area (Å²) in [5, 5.41) is 8.65. The smallest absolute Gasteiger partial charge is 0.338 e. The van der Waals surface area contributed by atoms with Gasteiger partial charge in [-0.1, -0.05) is 32.6 Å². The van der Waals surface area contributed by atoms with Crippen LogP contribution in [0.25, 0.3) is 0 Å². The fourth-order valence-corrected chi connectivity index (χ4v) is 1.37. The maximum absolute atomic E-state index is 10.6. The monoisotopic (exact) mass is 238 g/mol. The number of nitrogens with zero attached hydrogens (tertiary/aromatic N) is 2. The van der Waals surface area contributed by atoms with Gasteiger partial charge in [0.15, 0.2) is 0 Å². The van der Waals surface area contributed by atoms with Crippen molar-refractivity contribution in [2.45, 2.75) is 39.0 Å². The van der Waals surface area contributed by atoms with Crippen LogP contribution in [-0.4, -0.2) is 27.7 Å². The van der Waals surface area contributed by atoms with E-state index in [2.05, 4.69) is 16.9 Å². The van der Waals surface area contributed by atoms with Crippen LogP contribution in [0, 0.1) is 0 Å². The van der Waals surface area contributed by atoms with Gasteiger partial charge >= 0.3 is 12.0 Å². The highest BCUT2D eigenvalue weighted by Crippen LogP contribution is 2.05. The molecule has 1 aromatic heterocycles. The number of ether oxygens (including phenoxy) is 1. The lowest BCUT2D eigenvalue weighted by atomic mass is 10.2. The molecular formula is C12H18N2O3. The molecule has 0 aromatic carbocycles. The van der Waals surface area contributed by atoms with Crippen LogP contribution in [0.4, 0.5) is 0 Å². The molecule has 0 fully saturated rings. The van der Waals surface area contributed by atoms with E-state index in [1.165, 1.54) is 31.7 Å². The molecular weight excluding hydrogens is 220 g/mol. The van der Waals surface area contributed by atoms with Gasteiger partial charge in [0, 0.05) is 12.4 Å². The number of aromatic nitrogens is 2. The molecule has 0 atom stereocenters. The summed E-state index contributed by atoms with van der Waals surface area (Å²) in [6.07, 6.45) is 8.32. The number of carboxylic acid groups (broad SMARTS) is 1. The van der Waals surface area contributed by atoms with Crippen LogP contribution in [0.15, 0.2) is 12.4 Å². The summed E-state index contributed by atoms with van der Waals surface area (Å²) in [6.45, 7) is 2.75. The fraction of sp³-hybridized carbons (Fsp3) is 0.583. The molecule has 0 aliphatic rings. The number of unbranched alkanes of at least 4 members (excludes halogenated alkanes) is 4. The van der Waals surface area contributed by atoms with E-state index in [1.54, 1.807) is 0 Å². The lowest BCUT2D eigenvalue weighted by molar-refractivity contribution is 0.0695. The average Bonchev–Trinajstić information content (AvgIpc) is 2.34. The Hall–Kier alpha value is -1.65. The Morgan fingerprint density at radius 1 is 1.24 bits per heavy atom. The normalized spacial score (nSPS) is 10.2.